The fraction of sp³-hybridized carbons (Fsp3) is 0.500. The molecule has 0 heterocycles. The maximum atomic E-state index is 9.55. The van der Waals surface area contributed by atoms with Gasteiger partial charge in [0.2, 0.25) is 0 Å². The molecule has 3 heteroatoms. The Balaban J connectivity index is 2.26. The zero-order chi connectivity index (χ0) is 12.3. The minimum absolute atomic E-state index is 0.131. The lowest BCUT2D eigenvalue weighted by Gasteiger charge is -2.29. The predicted molar refractivity (Wildman–Crippen MR) is 67.8 cm³/mol. The molecule has 2 N–H and O–H groups in total. The summed E-state index contributed by atoms with van der Waals surface area (Å²) in [5, 5.41) is 22.0. The van der Waals surface area contributed by atoms with Crippen LogP contribution in [0.15, 0.2) is 18.2 Å². The molecule has 1 fully saturated rings. The van der Waals surface area contributed by atoms with Gasteiger partial charge in [-0.05, 0) is 37.5 Å². The van der Waals surface area contributed by atoms with E-state index >= 15 is 0 Å². The zero-order valence-electron chi connectivity index (χ0n) is 10.2. The number of benzene rings is 1. The van der Waals surface area contributed by atoms with Gasteiger partial charge in [-0.1, -0.05) is 18.9 Å². The van der Waals surface area contributed by atoms with Gasteiger partial charge in [0.15, 0.2) is 0 Å². The van der Waals surface area contributed by atoms with Gasteiger partial charge in [0, 0.05) is 0 Å². The molecule has 0 aliphatic heterocycles. The van der Waals surface area contributed by atoms with Crippen molar-refractivity contribution in [2.75, 3.05) is 11.9 Å². The van der Waals surface area contributed by atoms with Crippen molar-refractivity contribution in [3.63, 3.8) is 0 Å². The van der Waals surface area contributed by atoms with E-state index in [0.29, 0.717) is 5.56 Å². The number of hydrogen-bond donors (Lipinski definition) is 2. The van der Waals surface area contributed by atoms with Gasteiger partial charge in [0.1, 0.15) is 6.07 Å². The van der Waals surface area contributed by atoms with Crippen molar-refractivity contribution in [3.05, 3.63) is 29.3 Å². The summed E-state index contributed by atoms with van der Waals surface area (Å²) in [6.07, 6.45) is 4.23. The summed E-state index contributed by atoms with van der Waals surface area (Å²) in [5.41, 5.74) is 2.36. The number of nitrogens with one attached hydrogen (secondary N) is 1. The van der Waals surface area contributed by atoms with Crippen LogP contribution in [0, 0.1) is 18.3 Å². The van der Waals surface area contributed by atoms with E-state index in [1.807, 2.05) is 25.1 Å². The Morgan fingerprint density at radius 3 is 2.71 bits per heavy atom. The molecule has 0 amide bonds. The summed E-state index contributed by atoms with van der Waals surface area (Å²) in [7, 11) is 0. The zero-order valence-corrected chi connectivity index (χ0v) is 10.2. The van der Waals surface area contributed by atoms with Gasteiger partial charge in [-0.2, -0.15) is 5.26 Å². The highest BCUT2D eigenvalue weighted by molar-refractivity contribution is 5.60. The summed E-state index contributed by atoms with van der Waals surface area (Å²) in [6, 6.07) is 8.01. The van der Waals surface area contributed by atoms with Crippen LogP contribution < -0.4 is 5.32 Å². The van der Waals surface area contributed by atoms with Crippen LogP contribution in [0.3, 0.4) is 0 Å². The normalized spacial score (nSPS) is 17.7. The fourth-order valence-electron chi connectivity index (χ4n) is 2.52. The number of aryl methyl sites for hydroxylation is 1. The van der Waals surface area contributed by atoms with E-state index in [2.05, 4.69) is 11.4 Å². The number of aliphatic hydroxyl groups excluding tert-OH is 1. The summed E-state index contributed by atoms with van der Waals surface area (Å²) in [5.74, 6) is 0. The molecule has 0 unspecified atom stereocenters. The van der Waals surface area contributed by atoms with Gasteiger partial charge in [-0.25, -0.2) is 0 Å². The van der Waals surface area contributed by atoms with Gasteiger partial charge in [0.25, 0.3) is 0 Å². The molecular formula is C14H18N2O. The summed E-state index contributed by atoms with van der Waals surface area (Å²) in [6.45, 7) is 2.10. The third-order valence-electron chi connectivity index (χ3n) is 3.56. The third kappa shape index (κ3) is 2.42. The Hall–Kier alpha value is -1.53. The van der Waals surface area contributed by atoms with Crippen LogP contribution in [0.1, 0.15) is 36.8 Å². The van der Waals surface area contributed by atoms with Crippen LogP contribution >= 0.6 is 0 Å². The number of nitrogens with zero attached hydrogens (tertiary/aromatic N) is 1. The highest BCUT2D eigenvalue weighted by Gasteiger charge is 2.33. The van der Waals surface area contributed by atoms with Crippen molar-refractivity contribution in [1.82, 2.24) is 0 Å². The predicted octanol–water partition coefficient (Wildman–Crippen LogP) is 2.58. The quantitative estimate of drug-likeness (QED) is 0.839. The minimum atomic E-state index is -0.221. The summed E-state index contributed by atoms with van der Waals surface area (Å²) in [4.78, 5) is 0. The second kappa shape index (κ2) is 4.77. The van der Waals surface area contributed by atoms with Gasteiger partial charge >= 0.3 is 0 Å². The number of aliphatic hydroxyl groups is 1. The Bertz CT molecular complexity index is 442. The second-order valence-electron chi connectivity index (χ2n) is 4.93. The molecule has 3 nitrogen and oxygen atoms in total. The molecule has 1 aliphatic rings. The van der Waals surface area contributed by atoms with Crippen molar-refractivity contribution in [3.8, 4) is 6.07 Å². The first-order valence-electron chi connectivity index (χ1n) is 6.09. The first kappa shape index (κ1) is 11.9. The Kier molecular flexibility index (Phi) is 3.35. The second-order valence-corrected chi connectivity index (χ2v) is 4.93. The molecule has 2 rings (SSSR count). The number of hydrogen-bond acceptors (Lipinski definition) is 3. The number of rotatable bonds is 3. The molecule has 1 aromatic rings. The molecular weight excluding hydrogens is 212 g/mol. The van der Waals surface area contributed by atoms with Gasteiger partial charge < -0.3 is 10.4 Å². The Morgan fingerprint density at radius 2 is 2.12 bits per heavy atom. The van der Waals surface area contributed by atoms with Crippen molar-refractivity contribution in [2.45, 2.75) is 38.1 Å². The molecule has 0 spiro atoms. The first-order valence-corrected chi connectivity index (χ1v) is 6.09. The van der Waals surface area contributed by atoms with E-state index in [1.165, 1.54) is 0 Å². The summed E-state index contributed by atoms with van der Waals surface area (Å²) >= 11 is 0. The molecule has 17 heavy (non-hydrogen) atoms. The molecule has 0 atom stereocenters. The summed E-state index contributed by atoms with van der Waals surface area (Å²) < 4.78 is 0. The smallest absolute Gasteiger partial charge is 0.101 e. The average Bonchev–Trinajstić information content (AvgIpc) is 2.81. The molecule has 1 aromatic carbocycles. The molecule has 0 saturated heterocycles. The van der Waals surface area contributed by atoms with Crippen molar-refractivity contribution >= 4 is 5.69 Å². The third-order valence-corrected chi connectivity index (χ3v) is 3.56. The SMILES string of the molecule is Cc1ccc(NC2(CO)CCCC2)c(C#N)c1. The standard InChI is InChI=1S/C14H18N2O/c1-11-4-5-13(12(8-11)9-15)16-14(10-17)6-2-3-7-14/h4-5,8,16-17H,2-3,6-7,10H2,1H3. The molecule has 1 aliphatic carbocycles. The molecule has 0 bridgehead atoms. The van der Waals surface area contributed by atoms with Gasteiger partial charge in [-0.3, -0.25) is 0 Å². The van der Waals surface area contributed by atoms with E-state index in [-0.39, 0.29) is 12.1 Å². The lowest BCUT2D eigenvalue weighted by atomic mass is 9.97. The van der Waals surface area contributed by atoms with E-state index in [9.17, 15) is 5.11 Å². The van der Waals surface area contributed by atoms with Crippen LogP contribution in [0.4, 0.5) is 5.69 Å². The lowest BCUT2D eigenvalue weighted by Crippen LogP contribution is -2.39. The topological polar surface area (TPSA) is 56.0 Å². The van der Waals surface area contributed by atoms with E-state index in [1.54, 1.807) is 0 Å². The Morgan fingerprint density at radius 1 is 1.41 bits per heavy atom. The van der Waals surface area contributed by atoms with Crippen molar-refractivity contribution in [2.24, 2.45) is 0 Å². The maximum absolute atomic E-state index is 9.55. The van der Waals surface area contributed by atoms with E-state index in [0.717, 1.165) is 36.9 Å². The highest BCUT2D eigenvalue weighted by atomic mass is 16.3. The van der Waals surface area contributed by atoms with Crippen molar-refractivity contribution in [1.29, 1.82) is 5.26 Å². The number of nitriles is 1. The maximum Gasteiger partial charge on any atom is 0.101 e. The van der Waals surface area contributed by atoms with Gasteiger partial charge in [-0.15, -0.1) is 0 Å². The Labute approximate surface area is 102 Å². The van der Waals surface area contributed by atoms with Crippen LogP contribution in [-0.4, -0.2) is 17.3 Å². The molecule has 0 radical (unpaired) electrons. The van der Waals surface area contributed by atoms with E-state index in [4.69, 9.17) is 5.26 Å². The monoisotopic (exact) mass is 230 g/mol. The van der Waals surface area contributed by atoms with Crippen LogP contribution in [-0.2, 0) is 0 Å². The molecule has 1 saturated carbocycles. The lowest BCUT2D eigenvalue weighted by molar-refractivity contribution is 0.214. The van der Waals surface area contributed by atoms with E-state index < -0.39 is 0 Å². The number of anilines is 1. The molecule has 0 aromatic heterocycles. The fourth-order valence-corrected chi connectivity index (χ4v) is 2.52. The highest BCUT2D eigenvalue weighted by Crippen LogP contribution is 2.33. The van der Waals surface area contributed by atoms with Crippen LogP contribution in [0.25, 0.3) is 0 Å². The minimum Gasteiger partial charge on any atom is -0.394 e. The van der Waals surface area contributed by atoms with Crippen LogP contribution in [0.5, 0.6) is 0 Å². The van der Waals surface area contributed by atoms with Gasteiger partial charge in [0.05, 0.1) is 23.4 Å². The van der Waals surface area contributed by atoms with Crippen LogP contribution in [0.2, 0.25) is 0 Å². The largest absolute Gasteiger partial charge is 0.394 e. The molecule has 90 valence electrons. The van der Waals surface area contributed by atoms with Crippen molar-refractivity contribution < 1.29 is 5.11 Å². The average molecular weight is 230 g/mol. The first-order chi connectivity index (χ1) is 8.19.